The summed E-state index contributed by atoms with van der Waals surface area (Å²) in [6.45, 7) is 3.10. The molecule has 0 radical (unpaired) electrons. The second kappa shape index (κ2) is 6.45. The van der Waals surface area contributed by atoms with Crippen LogP contribution >= 0.6 is 15.9 Å². The molecule has 0 spiro atoms. The molecule has 1 aromatic rings. The van der Waals surface area contributed by atoms with Gasteiger partial charge in [0.1, 0.15) is 10.6 Å². The normalized spacial score (nSPS) is 17.8. The van der Waals surface area contributed by atoms with Crippen LogP contribution < -0.4 is 4.74 Å². The smallest absolute Gasteiger partial charge is 0.246 e. The molecule has 1 aromatic carbocycles. The van der Waals surface area contributed by atoms with Gasteiger partial charge in [0.2, 0.25) is 10.0 Å². The maximum Gasteiger partial charge on any atom is 0.246 e. The topological polar surface area (TPSA) is 46.6 Å². The van der Waals surface area contributed by atoms with Crippen LogP contribution in [0.15, 0.2) is 21.5 Å². The molecular formula is C14H20BrNO3S. The number of nitrogens with zero attached hydrogens (tertiary/aromatic N) is 1. The maximum absolute atomic E-state index is 12.8. The van der Waals surface area contributed by atoms with Crippen molar-refractivity contribution in [3.8, 4) is 5.75 Å². The summed E-state index contributed by atoms with van der Waals surface area (Å²) in [6.07, 6.45) is 4.05. The monoisotopic (exact) mass is 361 g/mol. The molecule has 0 aromatic heterocycles. The predicted molar refractivity (Wildman–Crippen MR) is 82.7 cm³/mol. The maximum atomic E-state index is 12.8. The van der Waals surface area contributed by atoms with Gasteiger partial charge in [0.15, 0.2) is 0 Å². The molecule has 1 saturated heterocycles. The molecule has 1 heterocycles. The molecule has 0 N–H and O–H groups in total. The van der Waals surface area contributed by atoms with Gasteiger partial charge in [-0.15, -0.1) is 0 Å². The minimum atomic E-state index is -3.49. The Hall–Kier alpha value is -0.590. The zero-order valence-electron chi connectivity index (χ0n) is 11.9. The SMILES string of the molecule is COc1cc(C)c(Br)cc1S(=O)(=O)N1CCCCCC1. The fourth-order valence-electron chi connectivity index (χ4n) is 2.42. The summed E-state index contributed by atoms with van der Waals surface area (Å²) in [6, 6.07) is 3.41. The van der Waals surface area contributed by atoms with Gasteiger partial charge in [-0.25, -0.2) is 8.42 Å². The minimum absolute atomic E-state index is 0.249. The number of hydrogen-bond donors (Lipinski definition) is 0. The van der Waals surface area contributed by atoms with Crippen molar-refractivity contribution in [1.29, 1.82) is 0 Å². The standard InChI is InChI=1S/C14H20BrNO3S/c1-11-9-13(19-2)14(10-12(11)15)20(17,18)16-7-5-3-4-6-8-16/h9-10H,3-8H2,1-2H3. The Morgan fingerprint density at radius 1 is 1.15 bits per heavy atom. The van der Waals surface area contributed by atoms with E-state index in [9.17, 15) is 8.42 Å². The van der Waals surface area contributed by atoms with E-state index >= 15 is 0 Å². The van der Waals surface area contributed by atoms with Crippen LogP contribution in [0.5, 0.6) is 5.75 Å². The third-order valence-corrected chi connectivity index (χ3v) is 6.40. The van der Waals surface area contributed by atoms with E-state index in [4.69, 9.17) is 4.74 Å². The van der Waals surface area contributed by atoms with Gasteiger partial charge in [0.05, 0.1) is 7.11 Å². The van der Waals surface area contributed by atoms with Crippen LogP contribution in [0, 0.1) is 6.92 Å². The zero-order chi connectivity index (χ0) is 14.8. The number of sulfonamides is 1. The lowest BCUT2D eigenvalue weighted by Gasteiger charge is -2.21. The van der Waals surface area contributed by atoms with E-state index < -0.39 is 10.0 Å². The molecule has 1 aliphatic heterocycles. The summed E-state index contributed by atoms with van der Waals surface area (Å²) in [7, 11) is -1.98. The number of rotatable bonds is 3. The minimum Gasteiger partial charge on any atom is -0.495 e. The second-order valence-corrected chi connectivity index (χ2v) is 7.83. The number of halogens is 1. The number of methoxy groups -OCH3 is 1. The molecule has 0 unspecified atom stereocenters. The average molecular weight is 362 g/mol. The third-order valence-electron chi connectivity index (χ3n) is 3.63. The van der Waals surface area contributed by atoms with Crippen LogP contribution in [0.3, 0.4) is 0 Å². The van der Waals surface area contributed by atoms with Crippen molar-refractivity contribution in [2.45, 2.75) is 37.5 Å². The fourth-order valence-corrected chi connectivity index (χ4v) is 4.59. The Bertz CT molecular complexity index is 578. The van der Waals surface area contributed by atoms with Gasteiger partial charge in [-0.1, -0.05) is 28.8 Å². The van der Waals surface area contributed by atoms with E-state index in [0.29, 0.717) is 18.8 Å². The van der Waals surface area contributed by atoms with Crippen molar-refractivity contribution in [2.75, 3.05) is 20.2 Å². The molecular weight excluding hydrogens is 342 g/mol. The number of benzene rings is 1. The summed E-state index contributed by atoms with van der Waals surface area (Å²) < 4.78 is 33.2. The van der Waals surface area contributed by atoms with E-state index in [1.54, 1.807) is 16.4 Å². The molecule has 4 nitrogen and oxygen atoms in total. The molecule has 1 fully saturated rings. The highest BCUT2D eigenvalue weighted by atomic mass is 79.9. The lowest BCUT2D eigenvalue weighted by molar-refractivity contribution is 0.391. The Morgan fingerprint density at radius 2 is 1.75 bits per heavy atom. The van der Waals surface area contributed by atoms with E-state index in [2.05, 4.69) is 15.9 Å². The van der Waals surface area contributed by atoms with Gasteiger partial charge in [-0.2, -0.15) is 4.31 Å². The molecule has 20 heavy (non-hydrogen) atoms. The van der Waals surface area contributed by atoms with E-state index in [1.807, 2.05) is 6.92 Å². The molecule has 0 bridgehead atoms. The van der Waals surface area contributed by atoms with Crippen molar-refractivity contribution in [3.63, 3.8) is 0 Å². The van der Waals surface area contributed by atoms with Crippen LogP contribution in [-0.4, -0.2) is 32.9 Å². The first kappa shape index (κ1) is 15.8. The molecule has 2 rings (SSSR count). The van der Waals surface area contributed by atoms with Gasteiger partial charge in [0, 0.05) is 17.6 Å². The Balaban J connectivity index is 2.45. The molecule has 0 amide bonds. The van der Waals surface area contributed by atoms with Crippen molar-refractivity contribution < 1.29 is 13.2 Å². The van der Waals surface area contributed by atoms with Gasteiger partial charge in [0.25, 0.3) is 0 Å². The van der Waals surface area contributed by atoms with Crippen LogP contribution in [0.4, 0.5) is 0 Å². The highest BCUT2D eigenvalue weighted by Gasteiger charge is 2.28. The predicted octanol–water partition coefficient (Wildman–Crippen LogP) is 3.33. The van der Waals surface area contributed by atoms with Crippen molar-refractivity contribution in [2.24, 2.45) is 0 Å². The number of ether oxygens (including phenoxy) is 1. The molecule has 112 valence electrons. The van der Waals surface area contributed by atoms with Crippen LogP contribution in [0.1, 0.15) is 31.2 Å². The first-order chi connectivity index (χ1) is 9.46. The van der Waals surface area contributed by atoms with Crippen LogP contribution in [-0.2, 0) is 10.0 Å². The molecule has 0 saturated carbocycles. The first-order valence-electron chi connectivity index (χ1n) is 6.81. The van der Waals surface area contributed by atoms with E-state index in [0.717, 1.165) is 35.7 Å². The van der Waals surface area contributed by atoms with Crippen molar-refractivity contribution in [1.82, 2.24) is 4.31 Å². The molecule has 0 atom stereocenters. The molecule has 6 heteroatoms. The summed E-state index contributed by atoms with van der Waals surface area (Å²) in [5, 5.41) is 0. The summed E-state index contributed by atoms with van der Waals surface area (Å²) in [5.74, 6) is 0.412. The van der Waals surface area contributed by atoms with Gasteiger partial charge < -0.3 is 4.74 Å². The Morgan fingerprint density at radius 3 is 2.30 bits per heavy atom. The van der Waals surface area contributed by atoms with E-state index in [-0.39, 0.29) is 4.90 Å². The molecule has 0 aliphatic carbocycles. The summed E-state index contributed by atoms with van der Waals surface area (Å²) in [5.41, 5.74) is 0.955. The highest BCUT2D eigenvalue weighted by molar-refractivity contribution is 9.10. The second-order valence-electron chi connectivity index (χ2n) is 5.07. The van der Waals surface area contributed by atoms with Gasteiger partial charge >= 0.3 is 0 Å². The quantitative estimate of drug-likeness (QED) is 0.829. The molecule has 1 aliphatic rings. The third kappa shape index (κ3) is 3.18. The van der Waals surface area contributed by atoms with Crippen molar-refractivity contribution >= 4 is 26.0 Å². The van der Waals surface area contributed by atoms with Crippen LogP contribution in [0.25, 0.3) is 0 Å². The van der Waals surface area contributed by atoms with Gasteiger partial charge in [-0.3, -0.25) is 0 Å². The summed E-state index contributed by atoms with van der Waals surface area (Å²) >= 11 is 3.40. The average Bonchev–Trinajstić information content (AvgIpc) is 2.70. The lowest BCUT2D eigenvalue weighted by Crippen LogP contribution is -2.32. The zero-order valence-corrected chi connectivity index (χ0v) is 14.3. The Kier molecular flexibility index (Phi) is 5.09. The van der Waals surface area contributed by atoms with Crippen molar-refractivity contribution in [3.05, 3.63) is 22.2 Å². The number of hydrogen-bond acceptors (Lipinski definition) is 3. The number of aryl methyl sites for hydroxylation is 1. The van der Waals surface area contributed by atoms with Gasteiger partial charge in [-0.05, 0) is 37.5 Å². The highest BCUT2D eigenvalue weighted by Crippen LogP contribution is 2.33. The first-order valence-corrected chi connectivity index (χ1v) is 9.04. The summed E-state index contributed by atoms with van der Waals surface area (Å²) in [4.78, 5) is 0.249. The fraction of sp³-hybridized carbons (Fsp3) is 0.571. The van der Waals surface area contributed by atoms with E-state index in [1.165, 1.54) is 7.11 Å². The largest absolute Gasteiger partial charge is 0.495 e. The lowest BCUT2D eigenvalue weighted by atomic mass is 10.2. The van der Waals surface area contributed by atoms with Crippen LogP contribution in [0.2, 0.25) is 0 Å². The Labute approximate surface area is 129 Å².